The standard InChI is InChI=1S/C23H21N3O6/c24-21(29)18(11-12-20(27)28)26-22(30)16-5-3-14(4-6-16)15-7-9-17(10-8-15)25-23(31)19-2-1-13-32-19/h1-10,13,18H,11-12H2,(H2,24,29)(H,25,31)(H,26,30)(H,27,28)/t18-/m0/s1. The van der Waals surface area contributed by atoms with E-state index in [1.165, 1.54) is 6.26 Å². The van der Waals surface area contributed by atoms with E-state index >= 15 is 0 Å². The SMILES string of the molecule is NC(=O)[C@H](CCC(=O)O)NC(=O)c1ccc(-c2ccc(NC(=O)c3ccco3)cc2)cc1. The lowest BCUT2D eigenvalue weighted by Gasteiger charge is -2.14. The predicted molar refractivity (Wildman–Crippen MR) is 116 cm³/mol. The highest BCUT2D eigenvalue weighted by molar-refractivity contribution is 6.02. The van der Waals surface area contributed by atoms with Crippen molar-refractivity contribution in [3.8, 4) is 11.1 Å². The molecule has 1 aromatic heterocycles. The molecule has 2 aromatic carbocycles. The van der Waals surface area contributed by atoms with Crippen molar-refractivity contribution >= 4 is 29.4 Å². The summed E-state index contributed by atoms with van der Waals surface area (Å²) < 4.78 is 5.06. The van der Waals surface area contributed by atoms with Crippen LogP contribution in [0, 0.1) is 0 Å². The van der Waals surface area contributed by atoms with E-state index in [0.29, 0.717) is 11.3 Å². The Bertz CT molecular complexity index is 1110. The van der Waals surface area contributed by atoms with Gasteiger partial charge in [-0.15, -0.1) is 0 Å². The van der Waals surface area contributed by atoms with Crippen molar-refractivity contribution in [2.45, 2.75) is 18.9 Å². The molecule has 0 aliphatic carbocycles. The lowest BCUT2D eigenvalue weighted by molar-refractivity contribution is -0.137. The first-order valence-electron chi connectivity index (χ1n) is 9.71. The molecule has 3 aromatic rings. The van der Waals surface area contributed by atoms with Crippen LogP contribution in [0.25, 0.3) is 11.1 Å². The van der Waals surface area contributed by atoms with Crippen molar-refractivity contribution in [2.24, 2.45) is 5.73 Å². The zero-order chi connectivity index (χ0) is 23.1. The molecule has 9 heteroatoms. The summed E-state index contributed by atoms with van der Waals surface area (Å²) in [5.41, 5.74) is 7.85. The molecule has 0 unspecified atom stereocenters. The highest BCUT2D eigenvalue weighted by atomic mass is 16.4. The fourth-order valence-corrected chi connectivity index (χ4v) is 2.96. The number of primary amides is 1. The number of carboxylic acids is 1. The molecule has 3 amide bonds. The summed E-state index contributed by atoms with van der Waals surface area (Å²) in [5.74, 6) is -2.54. The third-order valence-electron chi connectivity index (χ3n) is 4.66. The maximum absolute atomic E-state index is 12.4. The van der Waals surface area contributed by atoms with E-state index in [1.807, 2.05) is 12.1 Å². The number of carbonyl (C=O) groups excluding carboxylic acids is 3. The van der Waals surface area contributed by atoms with Crippen LogP contribution in [0.3, 0.4) is 0 Å². The zero-order valence-corrected chi connectivity index (χ0v) is 16.9. The van der Waals surface area contributed by atoms with Crippen LogP contribution in [0.2, 0.25) is 0 Å². The summed E-state index contributed by atoms with van der Waals surface area (Å²) in [6.45, 7) is 0. The maximum Gasteiger partial charge on any atom is 0.303 e. The predicted octanol–water partition coefficient (Wildman–Crippen LogP) is 2.65. The van der Waals surface area contributed by atoms with E-state index in [0.717, 1.165) is 11.1 Å². The third-order valence-corrected chi connectivity index (χ3v) is 4.66. The number of rotatable bonds is 9. The van der Waals surface area contributed by atoms with Gasteiger partial charge in [0.15, 0.2) is 5.76 Å². The smallest absolute Gasteiger partial charge is 0.303 e. The van der Waals surface area contributed by atoms with Crippen molar-refractivity contribution in [1.82, 2.24) is 5.32 Å². The van der Waals surface area contributed by atoms with E-state index in [9.17, 15) is 19.2 Å². The van der Waals surface area contributed by atoms with Gasteiger partial charge in [0, 0.05) is 17.7 Å². The molecule has 0 fully saturated rings. The second-order valence-electron chi connectivity index (χ2n) is 6.95. The van der Waals surface area contributed by atoms with Crippen LogP contribution < -0.4 is 16.4 Å². The molecular formula is C23H21N3O6. The third kappa shape index (κ3) is 5.82. The van der Waals surface area contributed by atoms with Crippen LogP contribution in [0.4, 0.5) is 5.69 Å². The fraction of sp³-hybridized carbons (Fsp3) is 0.130. The van der Waals surface area contributed by atoms with Gasteiger partial charge in [-0.05, 0) is 53.9 Å². The zero-order valence-electron chi connectivity index (χ0n) is 16.9. The van der Waals surface area contributed by atoms with E-state index in [2.05, 4.69) is 10.6 Å². The molecule has 0 aliphatic heterocycles. The number of furan rings is 1. The summed E-state index contributed by atoms with van der Waals surface area (Å²) in [6.07, 6.45) is 1.05. The fourth-order valence-electron chi connectivity index (χ4n) is 2.96. The van der Waals surface area contributed by atoms with Gasteiger partial charge in [-0.25, -0.2) is 0 Å². The molecule has 1 heterocycles. The summed E-state index contributed by atoms with van der Waals surface area (Å²) >= 11 is 0. The maximum atomic E-state index is 12.4. The van der Waals surface area contributed by atoms with Gasteiger partial charge in [-0.2, -0.15) is 0 Å². The van der Waals surface area contributed by atoms with Crippen LogP contribution in [-0.4, -0.2) is 34.8 Å². The minimum absolute atomic E-state index is 0.0860. The summed E-state index contributed by atoms with van der Waals surface area (Å²) in [5, 5.41) is 13.9. The van der Waals surface area contributed by atoms with E-state index in [-0.39, 0.29) is 24.5 Å². The molecule has 32 heavy (non-hydrogen) atoms. The number of hydrogen-bond acceptors (Lipinski definition) is 5. The summed E-state index contributed by atoms with van der Waals surface area (Å²) in [7, 11) is 0. The Morgan fingerprint density at radius 2 is 1.53 bits per heavy atom. The number of carboxylic acid groups (broad SMARTS) is 1. The molecule has 0 aliphatic rings. The van der Waals surface area contributed by atoms with Crippen molar-refractivity contribution < 1.29 is 28.7 Å². The topological polar surface area (TPSA) is 152 Å². The van der Waals surface area contributed by atoms with Gasteiger partial charge >= 0.3 is 5.97 Å². The number of hydrogen-bond donors (Lipinski definition) is 4. The molecule has 3 rings (SSSR count). The minimum Gasteiger partial charge on any atom is -0.481 e. The van der Waals surface area contributed by atoms with Crippen LogP contribution in [0.15, 0.2) is 71.3 Å². The quantitative estimate of drug-likeness (QED) is 0.405. The van der Waals surface area contributed by atoms with Gasteiger partial charge in [-0.3, -0.25) is 19.2 Å². The van der Waals surface area contributed by atoms with Gasteiger partial charge in [-0.1, -0.05) is 24.3 Å². The summed E-state index contributed by atoms with van der Waals surface area (Å²) in [6, 6.07) is 15.9. The molecule has 164 valence electrons. The largest absolute Gasteiger partial charge is 0.481 e. The lowest BCUT2D eigenvalue weighted by Crippen LogP contribution is -2.44. The van der Waals surface area contributed by atoms with Gasteiger partial charge in [0.2, 0.25) is 5.91 Å². The molecule has 9 nitrogen and oxygen atoms in total. The molecule has 0 saturated carbocycles. The second-order valence-corrected chi connectivity index (χ2v) is 6.95. The number of nitrogens with one attached hydrogen (secondary N) is 2. The van der Waals surface area contributed by atoms with Gasteiger partial charge < -0.3 is 25.9 Å². The highest BCUT2D eigenvalue weighted by Gasteiger charge is 2.20. The highest BCUT2D eigenvalue weighted by Crippen LogP contribution is 2.22. The Morgan fingerprint density at radius 3 is 2.06 bits per heavy atom. The van der Waals surface area contributed by atoms with Crippen molar-refractivity contribution in [3.63, 3.8) is 0 Å². The normalized spacial score (nSPS) is 11.4. The van der Waals surface area contributed by atoms with Gasteiger partial charge in [0.05, 0.1) is 6.26 Å². The Morgan fingerprint density at radius 1 is 0.906 bits per heavy atom. The molecule has 1 atom stereocenters. The number of amides is 3. The Balaban J connectivity index is 1.63. The Hall–Kier alpha value is -4.40. The average molecular weight is 435 g/mol. The monoisotopic (exact) mass is 435 g/mol. The van der Waals surface area contributed by atoms with Crippen molar-refractivity contribution in [2.75, 3.05) is 5.32 Å². The van der Waals surface area contributed by atoms with Crippen LogP contribution in [0.1, 0.15) is 33.8 Å². The lowest BCUT2D eigenvalue weighted by atomic mass is 10.0. The van der Waals surface area contributed by atoms with Crippen LogP contribution in [-0.2, 0) is 9.59 Å². The number of benzene rings is 2. The molecule has 5 N–H and O–H groups in total. The van der Waals surface area contributed by atoms with Crippen LogP contribution in [0.5, 0.6) is 0 Å². The number of nitrogens with two attached hydrogens (primary N) is 1. The van der Waals surface area contributed by atoms with E-state index < -0.39 is 23.8 Å². The molecule has 0 spiro atoms. The first-order chi connectivity index (χ1) is 15.3. The molecule has 0 saturated heterocycles. The first-order valence-corrected chi connectivity index (χ1v) is 9.71. The number of carbonyl (C=O) groups is 4. The number of anilines is 1. The van der Waals surface area contributed by atoms with Gasteiger partial charge in [0.1, 0.15) is 6.04 Å². The van der Waals surface area contributed by atoms with Crippen molar-refractivity contribution in [3.05, 3.63) is 78.3 Å². The molecule has 0 radical (unpaired) electrons. The van der Waals surface area contributed by atoms with Crippen molar-refractivity contribution in [1.29, 1.82) is 0 Å². The Kier molecular flexibility index (Phi) is 7.02. The minimum atomic E-state index is -1.08. The number of aliphatic carboxylic acids is 1. The summed E-state index contributed by atoms with van der Waals surface area (Å²) in [4.78, 5) is 46.6. The second kappa shape index (κ2) is 10.1. The molecular weight excluding hydrogens is 414 g/mol. The van der Waals surface area contributed by atoms with E-state index in [4.69, 9.17) is 15.3 Å². The van der Waals surface area contributed by atoms with E-state index in [1.54, 1.807) is 48.5 Å². The average Bonchev–Trinajstić information content (AvgIpc) is 3.32. The van der Waals surface area contributed by atoms with Crippen LogP contribution >= 0.6 is 0 Å². The first kappa shape index (κ1) is 22.3. The Labute approximate surface area is 183 Å². The molecule has 0 bridgehead atoms. The van der Waals surface area contributed by atoms with Gasteiger partial charge in [0.25, 0.3) is 11.8 Å².